The summed E-state index contributed by atoms with van der Waals surface area (Å²) in [5.74, 6) is 2.13. The number of rotatable bonds is 7. The summed E-state index contributed by atoms with van der Waals surface area (Å²) in [6.07, 6.45) is 1.99. The normalized spacial score (nSPS) is 15.6. The van der Waals surface area contributed by atoms with E-state index in [1.54, 1.807) is 19.1 Å². The third-order valence-electron chi connectivity index (χ3n) is 5.83. The molecule has 0 unspecified atom stereocenters. The van der Waals surface area contributed by atoms with Gasteiger partial charge < -0.3 is 19.4 Å². The summed E-state index contributed by atoms with van der Waals surface area (Å²) < 4.78 is 5.46. The van der Waals surface area contributed by atoms with Gasteiger partial charge in [-0.15, -0.1) is 0 Å². The molecule has 1 saturated heterocycles. The number of methoxy groups -OCH3 is 1. The van der Waals surface area contributed by atoms with E-state index in [9.17, 15) is 9.59 Å². The molecule has 0 spiro atoms. The Hall–Kier alpha value is -3.16. The molecule has 2 heterocycles. The van der Waals surface area contributed by atoms with Gasteiger partial charge in [0.25, 0.3) is 0 Å². The zero-order valence-electron chi connectivity index (χ0n) is 19.9. The Morgan fingerprint density at radius 2 is 1.94 bits per heavy atom. The van der Waals surface area contributed by atoms with Gasteiger partial charge in [0.2, 0.25) is 11.8 Å². The van der Waals surface area contributed by atoms with E-state index in [4.69, 9.17) is 14.7 Å². The molecule has 3 rings (SSSR count). The Morgan fingerprint density at radius 1 is 1.19 bits per heavy atom. The van der Waals surface area contributed by atoms with Gasteiger partial charge in [0.1, 0.15) is 11.6 Å². The number of amides is 2. The monoisotopic (exact) mass is 439 g/mol. The molecular formula is C24H33N5O3. The van der Waals surface area contributed by atoms with Crippen molar-refractivity contribution in [2.24, 2.45) is 0 Å². The average Bonchev–Trinajstić information content (AvgIpc) is 3.23. The summed E-state index contributed by atoms with van der Waals surface area (Å²) in [6, 6.07) is 7.59. The Kier molecular flexibility index (Phi) is 7.33. The smallest absolute Gasteiger partial charge is 0.227 e. The van der Waals surface area contributed by atoms with Crippen LogP contribution in [0.3, 0.4) is 0 Å². The number of ether oxygens (including phenoxy) is 1. The summed E-state index contributed by atoms with van der Waals surface area (Å²) in [7, 11) is 7.22. The minimum atomic E-state index is -0.181. The van der Waals surface area contributed by atoms with Gasteiger partial charge in [-0.1, -0.05) is 17.7 Å². The van der Waals surface area contributed by atoms with Gasteiger partial charge in [0, 0.05) is 46.2 Å². The molecule has 1 aromatic heterocycles. The minimum absolute atomic E-state index is 0.0265. The topological polar surface area (TPSA) is 78.9 Å². The number of carbonyl (C=O) groups is 2. The van der Waals surface area contributed by atoms with E-state index in [1.807, 2.05) is 55.1 Å². The van der Waals surface area contributed by atoms with E-state index < -0.39 is 0 Å². The number of benzene rings is 1. The summed E-state index contributed by atoms with van der Waals surface area (Å²) in [5.41, 5.74) is 2.73. The lowest BCUT2D eigenvalue weighted by Crippen LogP contribution is -2.33. The lowest BCUT2D eigenvalue weighted by Gasteiger charge is -2.26. The fraction of sp³-hybridized carbons (Fsp3) is 0.500. The fourth-order valence-corrected chi connectivity index (χ4v) is 3.96. The molecule has 0 bridgehead atoms. The Bertz CT molecular complexity index is 992. The second-order valence-electron chi connectivity index (χ2n) is 8.58. The number of hydrogen-bond acceptors (Lipinski definition) is 6. The van der Waals surface area contributed by atoms with Gasteiger partial charge >= 0.3 is 0 Å². The van der Waals surface area contributed by atoms with E-state index >= 15 is 0 Å². The molecule has 0 radical (unpaired) electrons. The maximum Gasteiger partial charge on any atom is 0.227 e. The van der Waals surface area contributed by atoms with Crippen LogP contribution in [0, 0.1) is 6.92 Å². The zero-order valence-corrected chi connectivity index (χ0v) is 19.9. The van der Waals surface area contributed by atoms with Crippen molar-refractivity contribution in [3.8, 4) is 5.75 Å². The Morgan fingerprint density at radius 3 is 2.59 bits per heavy atom. The van der Waals surface area contributed by atoms with Crippen LogP contribution in [0.2, 0.25) is 0 Å². The molecule has 2 amide bonds. The maximum atomic E-state index is 13.3. The van der Waals surface area contributed by atoms with Crippen LogP contribution in [0.4, 0.5) is 5.82 Å². The minimum Gasteiger partial charge on any atom is -0.496 e. The van der Waals surface area contributed by atoms with Crippen molar-refractivity contribution in [1.29, 1.82) is 0 Å². The Labute approximate surface area is 190 Å². The van der Waals surface area contributed by atoms with Crippen molar-refractivity contribution in [2.75, 3.05) is 39.7 Å². The van der Waals surface area contributed by atoms with Crippen LogP contribution >= 0.6 is 0 Å². The molecule has 2 aromatic rings. The molecule has 1 aromatic carbocycles. The predicted octanol–water partition coefficient (Wildman–Crippen LogP) is 2.74. The molecule has 1 atom stereocenters. The van der Waals surface area contributed by atoms with Crippen LogP contribution in [-0.4, -0.2) is 66.4 Å². The Balaban J connectivity index is 1.88. The molecule has 0 aliphatic carbocycles. The van der Waals surface area contributed by atoms with Crippen LogP contribution in [0.25, 0.3) is 0 Å². The third kappa shape index (κ3) is 5.36. The van der Waals surface area contributed by atoms with Crippen molar-refractivity contribution in [3.05, 3.63) is 46.9 Å². The van der Waals surface area contributed by atoms with E-state index in [-0.39, 0.29) is 24.3 Å². The molecule has 32 heavy (non-hydrogen) atoms. The molecule has 8 heteroatoms. The standard InChI is InChI=1S/C24H33N5O3/c1-16-9-10-21(32-6)18(12-16)13-23(31)29-11-7-8-20(29)24-25-19(15-28(5)17(2)30)14-22(26-24)27(3)4/h9-10,12,14,20H,7-8,11,13,15H2,1-6H3/t20-/m0/s1. The van der Waals surface area contributed by atoms with Crippen molar-refractivity contribution in [3.63, 3.8) is 0 Å². The first-order valence-electron chi connectivity index (χ1n) is 10.9. The van der Waals surface area contributed by atoms with Crippen LogP contribution in [0.1, 0.15) is 48.5 Å². The largest absolute Gasteiger partial charge is 0.496 e. The summed E-state index contributed by atoms with van der Waals surface area (Å²) in [6.45, 7) is 4.61. The first-order valence-corrected chi connectivity index (χ1v) is 10.9. The van der Waals surface area contributed by atoms with Gasteiger partial charge in [-0.2, -0.15) is 0 Å². The summed E-state index contributed by atoms with van der Waals surface area (Å²) in [5, 5.41) is 0. The first-order chi connectivity index (χ1) is 15.2. The highest BCUT2D eigenvalue weighted by Gasteiger charge is 2.33. The molecule has 0 N–H and O–H groups in total. The third-order valence-corrected chi connectivity index (χ3v) is 5.83. The number of carbonyl (C=O) groups excluding carboxylic acids is 2. The van der Waals surface area contributed by atoms with Crippen molar-refractivity contribution in [1.82, 2.24) is 19.8 Å². The number of likely N-dealkylation sites (tertiary alicyclic amines) is 1. The highest BCUT2D eigenvalue weighted by atomic mass is 16.5. The van der Waals surface area contributed by atoms with Gasteiger partial charge in [0.05, 0.1) is 31.8 Å². The molecule has 0 saturated carbocycles. The quantitative estimate of drug-likeness (QED) is 0.660. The van der Waals surface area contributed by atoms with Gasteiger partial charge in [-0.05, 0) is 25.8 Å². The molecule has 172 valence electrons. The van der Waals surface area contributed by atoms with Crippen LogP contribution in [0.5, 0.6) is 5.75 Å². The summed E-state index contributed by atoms with van der Waals surface area (Å²) >= 11 is 0. The molecular weight excluding hydrogens is 406 g/mol. The lowest BCUT2D eigenvalue weighted by molar-refractivity contribution is -0.131. The molecule has 1 aliphatic rings. The van der Waals surface area contributed by atoms with E-state index in [2.05, 4.69) is 0 Å². The summed E-state index contributed by atoms with van der Waals surface area (Å²) in [4.78, 5) is 39.9. The number of anilines is 1. The number of aromatic nitrogens is 2. The maximum absolute atomic E-state index is 13.3. The highest BCUT2D eigenvalue weighted by molar-refractivity contribution is 5.80. The van der Waals surface area contributed by atoms with Gasteiger partial charge in [-0.3, -0.25) is 9.59 Å². The van der Waals surface area contributed by atoms with E-state index in [1.165, 1.54) is 6.92 Å². The van der Waals surface area contributed by atoms with Crippen molar-refractivity contribution in [2.45, 2.75) is 45.7 Å². The van der Waals surface area contributed by atoms with Gasteiger partial charge in [-0.25, -0.2) is 9.97 Å². The second kappa shape index (κ2) is 9.97. The lowest BCUT2D eigenvalue weighted by atomic mass is 10.1. The number of hydrogen-bond donors (Lipinski definition) is 0. The SMILES string of the molecule is COc1ccc(C)cc1CC(=O)N1CCC[C@H]1c1nc(CN(C)C(C)=O)cc(N(C)C)n1. The van der Waals surface area contributed by atoms with E-state index in [0.717, 1.165) is 41.2 Å². The fourth-order valence-electron chi connectivity index (χ4n) is 3.96. The average molecular weight is 440 g/mol. The number of aryl methyl sites for hydroxylation is 1. The van der Waals surface area contributed by atoms with Crippen molar-refractivity contribution >= 4 is 17.6 Å². The molecule has 1 fully saturated rings. The van der Waals surface area contributed by atoms with Crippen LogP contribution in [0.15, 0.2) is 24.3 Å². The van der Waals surface area contributed by atoms with Crippen LogP contribution < -0.4 is 9.64 Å². The molecule has 1 aliphatic heterocycles. The molecule has 8 nitrogen and oxygen atoms in total. The number of nitrogens with zero attached hydrogens (tertiary/aromatic N) is 5. The van der Waals surface area contributed by atoms with Crippen LogP contribution in [-0.2, 0) is 22.6 Å². The first kappa shape index (κ1) is 23.5. The highest BCUT2D eigenvalue weighted by Crippen LogP contribution is 2.32. The van der Waals surface area contributed by atoms with Gasteiger partial charge in [0.15, 0.2) is 5.82 Å². The predicted molar refractivity (Wildman–Crippen MR) is 124 cm³/mol. The second-order valence-corrected chi connectivity index (χ2v) is 8.58. The van der Waals surface area contributed by atoms with E-state index in [0.29, 0.717) is 18.9 Å². The zero-order chi connectivity index (χ0) is 23.4. The van der Waals surface area contributed by atoms with Crippen molar-refractivity contribution < 1.29 is 14.3 Å².